The van der Waals surface area contributed by atoms with Crippen molar-refractivity contribution in [2.24, 2.45) is 0 Å². The van der Waals surface area contributed by atoms with E-state index < -0.39 is 12.0 Å². The molecule has 1 heterocycles. The van der Waals surface area contributed by atoms with Gasteiger partial charge in [-0.15, -0.1) is 0 Å². The number of aliphatic hydroxyl groups excluding tert-OH is 1. The normalized spacial score (nSPS) is 12.1. The third-order valence-corrected chi connectivity index (χ3v) is 4.39. The molecule has 3 rings (SSSR count). The van der Waals surface area contributed by atoms with Crippen molar-refractivity contribution < 1.29 is 24.3 Å². The summed E-state index contributed by atoms with van der Waals surface area (Å²) in [6, 6.07) is 12.9. The molecule has 1 atom stereocenters. The molecule has 0 bridgehead atoms. The fourth-order valence-corrected chi connectivity index (χ4v) is 2.85. The van der Waals surface area contributed by atoms with Crippen molar-refractivity contribution in [2.45, 2.75) is 31.8 Å². The second-order valence-corrected chi connectivity index (χ2v) is 6.27. The number of ether oxygens (including phenoxy) is 1. The standard InChI is InChI=1S/C20H22N2O5/c1-26-15-10-11-16-18(12-15)27-20(21-16)14-8-6-13(7-9-14)17(23)4-2-3-5-19(24)22-25/h6-12,17,23,25H,2-5H2,1H3,(H,22,24)/t17-/m1/s1. The number of fused-ring (bicyclic) bond motifs is 1. The van der Waals surface area contributed by atoms with Crippen LogP contribution in [0.25, 0.3) is 22.6 Å². The largest absolute Gasteiger partial charge is 0.497 e. The van der Waals surface area contributed by atoms with Crippen molar-refractivity contribution in [1.82, 2.24) is 10.5 Å². The average molecular weight is 370 g/mol. The summed E-state index contributed by atoms with van der Waals surface area (Å²) in [5.41, 5.74) is 4.62. The molecular formula is C20H22N2O5. The Labute approximate surface area is 156 Å². The quantitative estimate of drug-likeness (QED) is 0.318. The Morgan fingerprint density at radius 3 is 2.70 bits per heavy atom. The lowest BCUT2D eigenvalue weighted by Gasteiger charge is -2.11. The monoisotopic (exact) mass is 370 g/mol. The number of nitrogens with one attached hydrogen (secondary N) is 1. The summed E-state index contributed by atoms with van der Waals surface area (Å²) in [5, 5.41) is 18.7. The van der Waals surface area contributed by atoms with Crippen LogP contribution in [0.2, 0.25) is 0 Å². The number of oxazole rings is 1. The van der Waals surface area contributed by atoms with Crippen molar-refractivity contribution >= 4 is 17.0 Å². The van der Waals surface area contributed by atoms with Gasteiger partial charge in [-0.2, -0.15) is 0 Å². The van der Waals surface area contributed by atoms with Gasteiger partial charge in [0.1, 0.15) is 11.3 Å². The van der Waals surface area contributed by atoms with Crippen LogP contribution in [0.15, 0.2) is 46.9 Å². The van der Waals surface area contributed by atoms with E-state index in [4.69, 9.17) is 14.4 Å². The Morgan fingerprint density at radius 2 is 2.00 bits per heavy atom. The minimum absolute atomic E-state index is 0.241. The number of carbonyl (C=O) groups excluding carboxylic acids is 1. The molecule has 2 aromatic carbocycles. The fraction of sp³-hybridized carbons (Fsp3) is 0.300. The Balaban J connectivity index is 1.63. The Kier molecular flexibility index (Phi) is 6.05. The van der Waals surface area contributed by atoms with Crippen LogP contribution in [-0.4, -0.2) is 28.3 Å². The van der Waals surface area contributed by atoms with Crippen molar-refractivity contribution in [2.75, 3.05) is 7.11 Å². The van der Waals surface area contributed by atoms with Gasteiger partial charge in [0, 0.05) is 18.1 Å². The summed E-state index contributed by atoms with van der Waals surface area (Å²) in [6.07, 6.45) is 1.46. The number of unbranched alkanes of at least 4 members (excludes halogenated alkanes) is 1. The molecule has 0 aliphatic carbocycles. The van der Waals surface area contributed by atoms with Gasteiger partial charge in [-0.25, -0.2) is 10.5 Å². The highest BCUT2D eigenvalue weighted by Crippen LogP contribution is 2.28. The highest BCUT2D eigenvalue weighted by Gasteiger charge is 2.12. The van der Waals surface area contributed by atoms with E-state index in [1.165, 1.54) is 0 Å². The molecule has 0 aliphatic heterocycles. The molecule has 0 spiro atoms. The third-order valence-electron chi connectivity index (χ3n) is 4.39. The lowest BCUT2D eigenvalue weighted by atomic mass is 10.0. The summed E-state index contributed by atoms with van der Waals surface area (Å²) < 4.78 is 11.0. The number of aliphatic hydroxyl groups is 1. The zero-order valence-corrected chi connectivity index (χ0v) is 15.0. The molecule has 0 aliphatic rings. The maximum absolute atomic E-state index is 11.0. The number of carbonyl (C=O) groups is 1. The van der Waals surface area contributed by atoms with Gasteiger partial charge >= 0.3 is 0 Å². The van der Waals surface area contributed by atoms with Gasteiger partial charge in [0.05, 0.1) is 13.2 Å². The zero-order valence-electron chi connectivity index (χ0n) is 15.0. The molecule has 27 heavy (non-hydrogen) atoms. The maximum Gasteiger partial charge on any atom is 0.243 e. The predicted octanol–water partition coefficient (Wildman–Crippen LogP) is 3.60. The Bertz CT molecular complexity index is 904. The second-order valence-electron chi connectivity index (χ2n) is 6.27. The first-order chi connectivity index (χ1) is 13.1. The minimum Gasteiger partial charge on any atom is -0.497 e. The zero-order chi connectivity index (χ0) is 19.2. The van der Waals surface area contributed by atoms with E-state index in [2.05, 4.69) is 4.98 Å². The van der Waals surface area contributed by atoms with Gasteiger partial charge in [0.25, 0.3) is 0 Å². The predicted molar refractivity (Wildman–Crippen MR) is 99.4 cm³/mol. The fourth-order valence-electron chi connectivity index (χ4n) is 2.85. The van der Waals surface area contributed by atoms with Crippen molar-refractivity contribution in [3.05, 3.63) is 48.0 Å². The van der Waals surface area contributed by atoms with Crippen LogP contribution < -0.4 is 10.2 Å². The number of aromatic nitrogens is 1. The molecule has 1 amide bonds. The van der Waals surface area contributed by atoms with Gasteiger partial charge in [-0.3, -0.25) is 10.0 Å². The molecule has 0 saturated heterocycles. The van der Waals surface area contributed by atoms with Crippen molar-refractivity contribution in [3.63, 3.8) is 0 Å². The molecule has 0 unspecified atom stereocenters. The summed E-state index contributed by atoms with van der Waals surface area (Å²) in [7, 11) is 1.60. The van der Waals surface area contributed by atoms with Crippen LogP contribution in [0.4, 0.5) is 0 Å². The number of amides is 1. The highest BCUT2D eigenvalue weighted by molar-refractivity contribution is 5.77. The molecule has 3 aromatic rings. The number of rotatable bonds is 8. The molecule has 0 saturated carbocycles. The number of methoxy groups -OCH3 is 1. The van der Waals surface area contributed by atoms with E-state index in [-0.39, 0.29) is 6.42 Å². The van der Waals surface area contributed by atoms with Gasteiger partial charge in [-0.05, 0) is 42.7 Å². The Hall–Kier alpha value is -2.90. The molecule has 0 fully saturated rings. The molecule has 142 valence electrons. The van der Waals surface area contributed by atoms with Gasteiger partial charge in [0.2, 0.25) is 11.8 Å². The molecule has 7 nitrogen and oxygen atoms in total. The highest BCUT2D eigenvalue weighted by atomic mass is 16.5. The van der Waals surface area contributed by atoms with Crippen LogP contribution in [-0.2, 0) is 4.79 Å². The van der Waals surface area contributed by atoms with Crippen LogP contribution >= 0.6 is 0 Å². The van der Waals surface area contributed by atoms with E-state index in [1.54, 1.807) is 18.7 Å². The number of nitrogens with zero attached hydrogens (tertiary/aromatic N) is 1. The second kappa shape index (κ2) is 8.66. The van der Waals surface area contributed by atoms with E-state index in [0.29, 0.717) is 36.5 Å². The first-order valence-corrected chi connectivity index (χ1v) is 8.76. The topological polar surface area (TPSA) is 105 Å². The summed E-state index contributed by atoms with van der Waals surface area (Å²) in [4.78, 5) is 15.4. The lowest BCUT2D eigenvalue weighted by molar-refractivity contribution is -0.129. The third kappa shape index (κ3) is 4.64. The van der Waals surface area contributed by atoms with Crippen molar-refractivity contribution in [1.29, 1.82) is 0 Å². The summed E-state index contributed by atoms with van der Waals surface area (Å²) >= 11 is 0. The SMILES string of the molecule is COc1ccc2nc(-c3ccc([C@H](O)CCCCC(=O)NO)cc3)oc2c1. The van der Waals surface area contributed by atoms with Gasteiger partial charge in [0.15, 0.2) is 5.58 Å². The number of hydrogen-bond donors (Lipinski definition) is 3. The van der Waals surface area contributed by atoms with Gasteiger partial charge in [-0.1, -0.05) is 18.6 Å². The Morgan fingerprint density at radius 1 is 1.22 bits per heavy atom. The van der Waals surface area contributed by atoms with E-state index in [1.807, 2.05) is 36.4 Å². The van der Waals surface area contributed by atoms with E-state index in [0.717, 1.165) is 16.6 Å². The van der Waals surface area contributed by atoms with Crippen LogP contribution in [0.5, 0.6) is 5.75 Å². The van der Waals surface area contributed by atoms with Crippen LogP contribution in [0.1, 0.15) is 37.4 Å². The van der Waals surface area contributed by atoms with Gasteiger partial charge < -0.3 is 14.3 Å². The van der Waals surface area contributed by atoms with Crippen LogP contribution in [0.3, 0.4) is 0 Å². The van der Waals surface area contributed by atoms with Crippen LogP contribution in [0, 0.1) is 0 Å². The number of hydroxylamine groups is 1. The van der Waals surface area contributed by atoms with Crippen molar-refractivity contribution in [3.8, 4) is 17.2 Å². The maximum atomic E-state index is 11.0. The molecule has 0 radical (unpaired) electrons. The smallest absolute Gasteiger partial charge is 0.243 e. The minimum atomic E-state index is -0.607. The van der Waals surface area contributed by atoms with E-state index in [9.17, 15) is 9.90 Å². The summed E-state index contributed by atoms with van der Waals surface area (Å²) in [5.74, 6) is 0.805. The number of hydrogen-bond acceptors (Lipinski definition) is 6. The van der Waals surface area contributed by atoms with E-state index >= 15 is 0 Å². The summed E-state index contributed by atoms with van der Waals surface area (Å²) in [6.45, 7) is 0. The first kappa shape index (κ1) is 18.9. The first-order valence-electron chi connectivity index (χ1n) is 8.76. The molecule has 7 heteroatoms. The molecular weight excluding hydrogens is 348 g/mol. The molecule has 3 N–H and O–H groups in total. The number of benzene rings is 2. The molecule has 1 aromatic heterocycles. The lowest BCUT2D eigenvalue weighted by Crippen LogP contribution is -2.17. The average Bonchev–Trinajstić information content (AvgIpc) is 3.14.